The predicted octanol–water partition coefficient (Wildman–Crippen LogP) is 8.14. The van der Waals surface area contributed by atoms with Crippen LogP contribution in [0.25, 0.3) is 10.8 Å². The van der Waals surface area contributed by atoms with Crippen molar-refractivity contribution < 1.29 is 19.4 Å². The molecular formula is C40H43N3O4. The molecule has 47 heavy (non-hydrogen) atoms. The summed E-state index contributed by atoms with van der Waals surface area (Å²) >= 11 is 0. The maximum atomic E-state index is 12.7. The molecule has 5 atom stereocenters. The summed E-state index contributed by atoms with van der Waals surface area (Å²) in [7, 11) is 2.14. The Morgan fingerprint density at radius 3 is 2.32 bits per heavy atom. The smallest absolute Gasteiger partial charge is 0.319 e. The van der Waals surface area contributed by atoms with Crippen molar-refractivity contribution in [3.63, 3.8) is 0 Å². The Balaban J connectivity index is 1.20. The number of carbonyl (C=O) groups excluding carboxylic acids is 1. The minimum Gasteiger partial charge on any atom is -0.392 e. The minimum absolute atomic E-state index is 0.00804. The minimum atomic E-state index is -0.641. The van der Waals surface area contributed by atoms with Crippen LogP contribution in [0, 0.1) is 5.92 Å². The number of nitrogens with zero attached hydrogens (tertiary/aromatic N) is 1. The average Bonchev–Trinajstić information content (AvgIpc) is 3.11. The number of fused-ring (bicyclic) bond motifs is 1. The maximum absolute atomic E-state index is 12.7. The quantitative estimate of drug-likeness (QED) is 0.145. The lowest BCUT2D eigenvalue weighted by Gasteiger charge is -2.43. The second-order valence-corrected chi connectivity index (χ2v) is 12.5. The van der Waals surface area contributed by atoms with E-state index in [1.807, 2.05) is 78.9 Å². The Labute approximate surface area is 277 Å². The fourth-order valence-corrected chi connectivity index (χ4v) is 6.21. The Hall–Kier alpha value is -4.53. The standard InChI is InChI=1S/C40H43N3O4/c1-27-37(25-43(3)28(2)33-21-20-31-12-7-8-13-34(31)22-33)46-39(47-38(27)32-18-16-30(26-44)17-19-32)35-14-9-15-36(23-35)42-40(45)41-24-29-10-5-4-6-11-29/h4-23,27-28,37-39,44H,24-26H2,1-3H3,(H2,41,42,45). The molecule has 1 aliphatic rings. The fraction of sp³-hybridized carbons (Fsp3) is 0.275. The van der Waals surface area contributed by atoms with E-state index in [1.165, 1.54) is 16.3 Å². The van der Waals surface area contributed by atoms with E-state index in [0.29, 0.717) is 18.8 Å². The zero-order valence-electron chi connectivity index (χ0n) is 27.2. The van der Waals surface area contributed by atoms with E-state index < -0.39 is 6.29 Å². The summed E-state index contributed by atoms with van der Waals surface area (Å²) in [6.45, 7) is 5.53. The topological polar surface area (TPSA) is 83.1 Å². The van der Waals surface area contributed by atoms with Gasteiger partial charge in [-0.3, -0.25) is 4.90 Å². The summed E-state index contributed by atoms with van der Waals surface area (Å²) in [5.41, 5.74) is 5.65. The summed E-state index contributed by atoms with van der Waals surface area (Å²) in [4.78, 5) is 15.1. The summed E-state index contributed by atoms with van der Waals surface area (Å²) < 4.78 is 13.4. The highest BCUT2D eigenvalue weighted by Crippen LogP contribution is 2.42. The first-order valence-corrected chi connectivity index (χ1v) is 16.3. The van der Waals surface area contributed by atoms with Gasteiger partial charge in [0.2, 0.25) is 0 Å². The van der Waals surface area contributed by atoms with Crippen LogP contribution in [0.2, 0.25) is 0 Å². The molecule has 5 aromatic carbocycles. The molecule has 2 amide bonds. The first kappa shape index (κ1) is 32.4. The number of hydrogen-bond acceptors (Lipinski definition) is 5. The molecule has 0 bridgehead atoms. The van der Waals surface area contributed by atoms with E-state index in [2.05, 4.69) is 78.9 Å². The van der Waals surface area contributed by atoms with Crippen LogP contribution >= 0.6 is 0 Å². The monoisotopic (exact) mass is 629 g/mol. The Morgan fingerprint density at radius 1 is 0.809 bits per heavy atom. The highest BCUT2D eigenvalue weighted by Gasteiger charge is 2.39. The molecule has 5 aromatic rings. The van der Waals surface area contributed by atoms with Gasteiger partial charge in [0.15, 0.2) is 6.29 Å². The largest absolute Gasteiger partial charge is 0.392 e. The Kier molecular flexibility index (Phi) is 10.3. The summed E-state index contributed by atoms with van der Waals surface area (Å²) in [5, 5.41) is 17.9. The number of aliphatic hydroxyl groups is 1. The first-order valence-electron chi connectivity index (χ1n) is 16.3. The van der Waals surface area contributed by atoms with E-state index in [9.17, 15) is 9.90 Å². The summed E-state index contributed by atoms with van der Waals surface area (Å²) in [5.74, 6) is 0.0440. The number of ether oxygens (including phenoxy) is 2. The molecule has 0 radical (unpaired) electrons. The van der Waals surface area contributed by atoms with E-state index >= 15 is 0 Å². The predicted molar refractivity (Wildman–Crippen MR) is 187 cm³/mol. The molecule has 1 fully saturated rings. The van der Waals surface area contributed by atoms with E-state index in [4.69, 9.17) is 9.47 Å². The van der Waals surface area contributed by atoms with E-state index in [-0.39, 0.29) is 36.8 Å². The van der Waals surface area contributed by atoms with Gasteiger partial charge in [0.05, 0.1) is 18.8 Å². The molecule has 0 aromatic heterocycles. The number of benzene rings is 5. The lowest BCUT2D eigenvalue weighted by molar-refractivity contribution is -0.276. The van der Waals surface area contributed by atoms with Gasteiger partial charge in [-0.1, -0.05) is 110 Å². The van der Waals surface area contributed by atoms with Crippen LogP contribution in [0.5, 0.6) is 0 Å². The van der Waals surface area contributed by atoms with Crippen molar-refractivity contribution in [3.8, 4) is 0 Å². The van der Waals surface area contributed by atoms with Gasteiger partial charge in [-0.15, -0.1) is 0 Å². The molecule has 0 spiro atoms. The summed E-state index contributed by atoms with van der Waals surface area (Å²) in [6, 6.07) is 40.4. The third kappa shape index (κ3) is 7.89. The van der Waals surface area contributed by atoms with Crippen LogP contribution in [-0.2, 0) is 22.6 Å². The van der Waals surface area contributed by atoms with E-state index in [1.54, 1.807) is 0 Å². The number of urea groups is 1. The number of rotatable bonds is 10. The first-order chi connectivity index (χ1) is 22.9. The van der Waals surface area contributed by atoms with Gasteiger partial charge < -0.3 is 25.2 Å². The van der Waals surface area contributed by atoms with Crippen LogP contribution in [-0.4, -0.2) is 35.7 Å². The second kappa shape index (κ2) is 14.9. The van der Waals surface area contributed by atoms with Gasteiger partial charge in [-0.25, -0.2) is 4.79 Å². The molecule has 1 saturated heterocycles. The number of anilines is 1. The molecule has 3 N–H and O–H groups in total. The molecule has 1 aliphatic heterocycles. The van der Waals surface area contributed by atoms with Gasteiger partial charge >= 0.3 is 6.03 Å². The number of nitrogens with one attached hydrogen (secondary N) is 2. The van der Waals surface area contributed by atoms with Crippen LogP contribution in [0.15, 0.2) is 121 Å². The number of amides is 2. The molecule has 6 rings (SSSR count). The third-order valence-electron chi connectivity index (χ3n) is 9.22. The van der Waals surface area contributed by atoms with Crippen LogP contribution in [0.3, 0.4) is 0 Å². The Bertz CT molecular complexity index is 1780. The van der Waals surface area contributed by atoms with E-state index in [0.717, 1.165) is 22.3 Å². The number of likely N-dealkylation sites (N-methyl/N-ethyl adjacent to an activating group) is 1. The molecule has 0 saturated carbocycles. The number of hydrogen-bond donors (Lipinski definition) is 3. The fourth-order valence-electron chi connectivity index (χ4n) is 6.21. The molecule has 0 aliphatic carbocycles. The zero-order chi connectivity index (χ0) is 32.8. The molecule has 242 valence electrons. The maximum Gasteiger partial charge on any atom is 0.319 e. The normalized spacial score (nSPS) is 20.2. The third-order valence-corrected chi connectivity index (χ3v) is 9.22. The second-order valence-electron chi connectivity index (χ2n) is 12.5. The Morgan fingerprint density at radius 2 is 1.55 bits per heavy atom. The molecule has 5 unspecified atom stereocenters. The molecular weight excluding hydrogens is 586 g/mol. The van der Waals surface area contributed by atoms with Gasteiger partial charge in [0, 0.05) is 36.3 Å². The lowest BCUT2D eigenvalue weighted by atomic mass is 9.89. The highest BCUT2D eigenvalue weighted by molar-refractivity contribution is 5.89. The van der Waals surface area contributed by atoms with Crippen molar-refractivity contribution >= 4 is 22.5 Å². The van der Waals surface area contributed by atoms with Gasteiger partial charge in [-0.2, -0.15) is 0 Å². The average molecular weight is 630 g/mol. The van der Waals surface area contributed by atoms with Gasteiger partial charge in [0.1, 0.15) is 0 Å². The van der Waals surface area contributed by atoms with Crippen molar-refractivity contribution in [1.82, 2.24) is 10.2 Å². The lowest BCUT2D eigenvalue weighted by Crippen LogP contribution is -2.44. The van der Waals surface area contributed by atoms with Crippen molar-refractivity contribution in [2.45, 2.75) is 51.5 Å². The van der Waals surface area contributed by atoms with Crippen molar-refractivity contribution in [2.75, 3.05) is 18.9 Å². The van der Waals surface area contributed by atoms with Gasteiger partial charge in [0.25, 0.3) is 0 Å². The van der Waals surface area contributed by atoms with Crippen molar-refractivity contribution in [2.24, 2.45) is 5.92 Å². The van der Waals surface area contributed by atoms with Crippen molar-refractivity contribution in [1.29, 1.82) is 0 Å². The summed E-state index contributed by atoms with van der Waals surface area (Å²) in [6.07, 6.45) is -1.02. The van der Waals surface area contributed by atoms with Crippen molar-refractivity contribution in [3.05, 3.63) is 149 Å². The van der Waals surface area contributed by atoms with Crippen LogP contribution < -0.4 is 10.6 Å². The molecule has 7 heteroatoms. The number of carbonyl (C=O) groups is 1. The van der Waals surface area contributed by atoms with Gasteiger partial charge in [-0.05, 0) is 65.2 Å². The van der Waals surface area contributed by atoms with Crippen LogP contribution in [0.4, 0.5) is 10.5 Å². The van der Waals surface area contributed by atoms with Crippen LogP contribution in [0.1, 0.15) is 60.1 Å². The highest BCUT2D eigenvalue weighted by atomic mass is 16.7. The number of aliphatic hydroxyl groups excluding tert-OH is 1. The molecule has 7 nitrogen and oxygen atoms in total. The molecule has 1 heterocycles. The SMILES string of the molecule is CC1C(CN(C)C(C)c2ccc3ccccc3c2)OC(c2cccc(NC(=O)NCc3ccccc3)c2)OC1c1ccc(CO)cc1. The zero-order valence-corrected chi connectivity index (χ0v) is 27.2.